The van der Waals surface area contributed by atoms with Crippen LogP contribution < -0.4 is 21.1 Å². The molecule has 0 saturated carbocycles. The molecular weight excluding hydrogens is 268 g/mol. The van der Waals surface area contributed by atoms with Gasteiger partial charge in [0.25, 0.3) is 5.91 Å². The van der Waals surface area contributed by atoms with E-state index in [2.05, 4.69) is 15.6 Å². The average Bonchev–Trinajstić information content (AvgIpc) is 2.53. The SMILES string of the molecule is COc1cccc(C(=O)NCCNc2ccc(N)nc2)c1. The zero-order valence-corrected chi connectivity index (χ0v) is 11.8. The summed E-state index contributed by atoms with van der Waals surface area (Å²) in [5.74, 6) is 1.01. The lowest BCUT2D eigenvalue weighted by molar-refractivity contribution is 0.0955. The van der Waals surface area contributed by atoms with Crippen molar-refractivity contribution in [3.8, 4) is 5.75 Å². The monoisotopic (exact) mass is 286 g/mol. The summed E-state index contributed by atoms with van der Waals surface area (Å²) in [4.78, 5) is 15.9. The second kappa shape index (κ2) is 7.14. The number of carbonyl (C=O) groups is 1. The Morgan fingerprint density at radius 1 is 1.29 bits per heavy atom. The molecule has 0 atom stereocenters. The van der Waals surface area contributed by atoms with Crippen molar-refractivity contribution >= 4 is 17.4 Å². The van der Waals surface area contributed by atoms with E-state index in [0.29, 0.717) is 30.2 Å². The van der Waals surface area contributed by atoms with Gasteiger partial charge in [-0.05, 0) is 30.3 Å². The molecule has 0 bridgehead atoms. The number of methoxy groups -OCH3 is 1. The van der Waals surface area contributed by atoms with Crippen molar-refractivity contribution in [2.45, 2.75) is 0 Å². The lowest BCUT2D eigenvalue weighted by atomic mass is 10.2. The van der Waals surface area contributed by atoms with E-state index < -0.39 is 0 Å². The van der Waals surface area contributed by atoms with Gasteiger partial charge in [-0.1, -0.05) is 6.07 Å². The topological polar surface area (TPSA) is 89.3 Å². The van der Waals surface area contributed by atoms with Crippen LogP contribution in [0.4, 0.5) is 11.5 Å². The fraction of sp³-hybridized carbons (Fsp3) is 0.200. The number of benzene rings is 1. The van der Waals surface area contributed by atoms with Crippen LogP contribution in [0.15, 0.2) is 42.6 Å². The highest BCUT2D eigenvalue weighted by atomic mass is 16.5. The van der Waals surface area contributed by atoms with E-state index in [9.17, 15) is 4.79 Å². The molecule has 0 radical (unpaired) electrons. The number of pyridine rings is 1. The van der Waals surface area contributed by atoms with Crippen molar-refractivity contribution in [2.24, 2.45) is 0 Å². The highest BCUT2D eigenvalue weighted by Gasteiger charge is 2.05. The summed E-state index contributed by atoms with van der Waals surface area (Å²) in [5.41, 5.74) is 6.94. The minimum Gasteiger partial charge on any atom is -0.497 e. The van der Waals surface area contributed by atoms with Gasteiger partial charge in [0.2, 0.25) is 0 Å². The average molecular weight is 286 g/mol. The number of amides is 1. The summed E-state index contributed by atoms with van der Waals surface area (Å²) in [6, 6.07) is 10.6. The standard InChI is InChI=1S/C15H18N4O2/c1-21-13-4-2-3-11(9-13)15(20)18-8-7-17-12-5-6-14(16)19-10-12/h2-6,9-10,17H,7-8H2,1H3,(H2,16,19)(H,18,20). The van der Waals surface area contributed by atoms with Crippen molar-refractivity contribution in [1.82, 2.24) is 10.3 Å². The van der Waals surface area contributed by atoms with Crippen LogP contribution in [0.1, 0.15) is 10.4 Å². The van der Waals surface area contributed by atoms with E-state index in [1.54, 1.807) is 43.6 Å². The number of nitrogen functional groups attached to an aromatic ring is 1. The van der Waals surface area contributed by atoms with Gasteiger partial charge in [-0.3, -0.25) is 4.79 Å². The van der Waals surface area contributed by atoms with E-state index in [1.165, 1.54) is 0 Å². The van der Waals surface area contributed by atoms with Crippen molar-refractivity contribution in [2.75, 3.05) is 31.2 Å². The van der Waals surface area contributed by atoms with Crippen LogP contribution in [0.3, 0.4) is 0 Å². The Hall–Kier alpha value is -2.76. The van der Waals surface area contributed by atoms with Crippen LogP contribution in [0, 0.1) is 0 Å². The summed E-state index contributed by atoms with van der Waals surface area (Å²) in [6.45, 7) is 1.10. The first-order chi connectivity index (χ1) is 10.2. The zero-order chi connectivity index (χ0) is 15.1. The lowest BCUT2D eigenvalue weighted by Gasteiger charge is -2.08. The third-order valence-electron chi connectivity index (χ3n) is 2.86. The number of carbonyl (C=O) groups excluding carboxylic acids is 1. The number of ether oxygens (including phenoxy) is 1. The first kappa shape index (κ1) is 14.6. The van der Waals surface area contributed by atoms with E-state index in [1.807, 2.05) is 6.07 Å². The van der Waals surface area contributed by atoms with Crippen molar-refractivity contribution in [3.63, 3.8) is 0 Å². The van der Waals surface area contributed by atoms with Gasteiger partial charge in [-0.25, -0.2) is 4.98 Å². The molecule has 0 spiro atoms. The number of aromatic nitrogens is 1. The Kier molecular flexibility index (Phi) is 4.98. The maximum atomic E-state index is 11.9. The van der Waals surface area contributed by atoms with Crippen LogP contribution >= 0.6 is 0 Å². The molecule has 0 saturated heterocycles. The van der Waals surface area contributed by atoms with Crippen LogP contribution in [0.2, 0.25) is 0 Å². The first-order valence-corrected chi connectivity index (χ1v) is 6.56. The number of anilines is 2. The highest BCUT2D eigenvalue weighted by Crippen LogP contribution is 2.12. The van der Waals surface area contributed by atoms with E-state index >= 15 is 0 Å². The number of rotatable bonds is 6. The molecule has 110 valence electrons. The molecule has 0 fully saturated rings. The number of nitrogens with two attached hydrogens (primary N) is 1. The van der Waals surface area contributed by atoms with E-state index in [-0.39, 0.29) is 5.91 Å². The normalized spacial score (nSPS) is 9.95. The molecule has 1 heterocycles. The number of hydrogen-bond acceptors (Lipinski definition) is 5. The van der Waals surface area contributed by atoms with Crippen LogP contribution in [0.25, 0.3) is 0 Å². The minimum absolute atomic E-state index is 0.133. The second-order valence-electron chi connectivity index (χ2n) is 4.39. The van der Waals surface area contributed by atoms with Gasteiger partial charge < -0.3 is 21.1 Å². The lowest BCUT2D eigenvalue weighted by Crippen LogP contribution is -2.28. The molecule has 21 heavy (non-hydrogen) atoms. The molecule has 0 unspecified atom stereocenters. The minimum atomic E-state index is -0.133. The van der Waals surface area contributed by atoms with Gasteiger partial charge in [0, 0.05) is 18.7 Å². The molecule has 0 aliphatic carbocycles. The third kappa shape index (κ3) is 4.38. The molecule has 1 aromatic heterocycles. The quantitative estimate of drug-likeness (QED) is 0.700. The highest BCUT2D eigenvalue weighted by molar-refractivity contribution is 5.94. The van der Waals surface area contributed by atoms with Gasteiger partial charge >= 0.3 is 0 Å². The summed E-state index contributed by atoms with van der Waals surface area (Å²) < 4.78 is 5.09. The van der Waals surface area contributed by atoms with Crippen LogP contribution in [-0.2, 0) is 0 Å². The first-order valence-electron chi connectivity index (χ1n) is 6.56. The maximum Gasteiger partial charge on any atom is 0.251 e. The molecule has 0 aliphatic rings. The molecule has 1 aromatic carbocycles. The molecule has 4 N–H and O–H groups in total. The Balaban J connectivity index is 1.77. The molecular formula is C15H18N4O2. The molecule has 6 nitrogen and oxygen atoms in total. The number of nitrogens with one attached hydrogen (secondary N) is 2. The summed E-state index contributed by atoms with van der Waals surface area (Å²) in [6.07, 6.45) is 1.65. The predicted octanol–water partition coefficient (Wildman–Crippen LogP) is 1.51. The smallest absolute Gasteiger partial charge is 0.251 e. The van der Waals surface area contributed by atoms with Gasteiger partial charge in [-0.15, -0.1) is 0 Å². The van der Waals surface area contributed by atoms with Crippen LogP contribution in [-0.4, -0.2) is 31.1 Å². The van der Waals surface area contributed by atoms with Gasteiger partial charge in [0.1, 0.15) is 11.6 Å². The zero-order valence-electron chi connectivity index (χ0n) is 11.8. The Labute approximate surface area is 123 Å². The van der Waals surface area contributed by atoms with E-state index in [0.717, 1.165) is 5.69 Å². The van der Waals surface area contributed by atoms with Crippen molar-refractivity contribution < 1.29 is 9.53 Å². The maximum absolute atomic E-state index is 11.9. The summed E-state index contributed by atoms with van der Waals surface area (Å²) in [5, 5.41) is 5.97. The van der Waals surface area contributed by atoms with Gasteiger partial charge in [0.15, 0.2) is 0 Å². The largest absolute Gasteiger partial charge is 0.497 e. The molecule has 0 aliphatic heterocycles. The fourth-order valence-corrected chi connectivity index (χ4v) is 1.76. The van der Waals surface area contributed by atoms with Crippen molar-refractivity contribution in [3.05, 3.63) is 48.2 Å². The number of hydrogen-bond donors (Lipinski definition) is 3. The molecule has 1 amide bonds. The van der Waals surface area contributed by atoms with Gasteiger partial charge in [0.05, 0.1) is 19.0 Å². The molecule has 2 rings (SSSR count). The Morgan fingerprint density at radius 3 is 2.86 bits per heavy atom. The van der Waals surface area contributed by atoms with E-state index in [4.69, 9.17) is 10.5 Å². The summed E-state index contributed by atoms with van der Waals surface area (Å²) in [7, 11) is 1.57. The predicted molar refractivity (Wildman–Crippen MR) is 82.5 cm³/mol. The fourth-order valence-electron chi connectivity index (χ4n) is 1.76. The molecule has 2 aromatic rings. The van der Waals surface area contributed by atoms with Crippen molar-refractivity contribution in [1.29, 1.82) is 0 Å². The van der Waals surface area contributed by atoms with Crippen LogP contribution in [0.5, 0.6) is 5.75 Å². The summed E-state index contributed by atoms with van der Waals surface area (Å²) >= 11 is 0. The molecule has 6 heteroatoms. The second-order valence-corrected chi connectivity index (χ2v) is 4.39. The number of nitrogens with zero attached hydrogens (tertiary/aromatic N) is 1. The Morgan fingerprint density at radius 2 is 2.14 bits per heavy atom. The Bertz CT molecular complexity index is 599. The third-order valence-corrected chi connectivity index (χ3v) is 2.86. The van der Waals surface area contributed by atoms with Gasteiger partial charge in [-0.2, -0.15) is 0 Å².